The van der Waals surface area contributed by atoms with E-state index in [1.807, 2.05) is 48.5 Å². The molecule has 10 nitrogen and oxygen atoms in total. The Labute approximate surface area is 275 Å². The first kappa shape index (κ1) is 32.8. The van der Waals surface area contributed by atoms with Crippen LogP contribution < -0.4 is 21.3 Å². The van der Waals surface area contributed by atoms with Gasteiger partial charge in [0.15, 0.2) is 0 Å². The molecule has 13 heteroatoms. The van der Waals surface area contributed by atoms with Crippen LogP contribution in [0.1, 0.15) is 44.1 Å². The van der Waals surface area contributed by atoms with E-state index in [4.69, 9.17) is 44.3 Å². The van der Waals surface area contributed by atoms with E-state index in [2.05, 4.69) is 31.2 Å². The van der Waals surface area contributed by atoms with Crippen molar-refractivity contribution in [1.82, 2.24) is 20.6 Å². The molecule has 6 rings (SSSR count). The van der Waals surface area contributed by atoms with Gasteiger partial charge in [-0.05, 0) is 53.6 Å². The van der Waals surface area contributed by atoms with Crippen molar-refractivity contribution in [2.75, 3.05) is 50.0 Å². The molecule has 4 heterocycles. The number of nitrogens with one attached hydrogen (secondary N) is 4. The molecule has 0 bridgehead atoms. The Bertz CT molecular complexity index is 1600. The predicted molar refractivity (Wildman–Crippen MR) is 175 cm³/mol. The van der Waals surface area contributed by atoms with E-state index in [0.29, 0.717) is 35.2 Å². The summed E-state index contributed by atoms with van der Waals surface area (Å²) in [6.07, 6.45) is 3.01. The lowest BCUT2D eigenvalue weighted by Gasteiger charge is -2.24. The molecular formula is C32H31Cl3N6O4. The Balaban J connectivity index is 0.000000178. The lowest BCUT2D eigenvalue weighted by molar-refractivity contribution is 0.0276. The summed E-state index contributed by atoms with van der Waals surface area (Å²) >= 11 is 17.4. The predicted octanol–water partition coefficient (Wildman–Crippen LogP) is 5.95. The van der Waals surface area contributed by atoms with Crippen molar-refractivity contribution < 1.29 is 19.1 Å². The molecule has 2 aliphatic rings. The van der Waals surface area contributed by atoms with Gasteiger partial charge in [0.2, 0.25) is 0 Å². The number of amides is 2. The molecule has 0 spiro atoms. The minimum Gasteiger partial charge on any atom is -0.371 e. The van der Waals surface area contributed by atoms with Gasteiger partial charge >= 0.3 is 0 Å². The van der Waals surface area contributed by atoms with Crippen LogP contribution in [-0.2, 0) is 9.47 Å². The molecule has 2 amide bonds. The normalized spacial score (nSPS) is 17.8. The monoisotopic (exact) mass is 668 g/mol. The summed E-state index contributed by atoms with van der Waals surface area (Å²) in [5.41, 5.74) is 4.41. The molecule has 4 N–H and O–H groups in total. The van der Waals surface area contributed by atoms with E-state index in [9.17, 15) is 9.59 Å². The zero-order chi connectivity index (χ0) is 31.6. The Morgan fingerprint density at radius 2 is 1.24 bits per heavy atom. The van der Waals surface area contributed by atoms with E-state index in [1.54, 1.807) is 6.07 Å². The van der Waals surface area contributed by atoms with Crippen LogP contribution in [0.4, 0.5) is 11.4 Å². The minimum absolute atomic E-state index is 0.0489. The van der Waals surface area contributed by atoms with Crippen molar-refractivity contribution in [1.29, 1.82) is 0 Å². The highest BCUT2D eigenvalue weighted by Crippen LogP contribution is 2.23. The molecule has 2 aromatic carbocycles. The SMILES string of the molecule is O=C(Nc1ccc(C2CNCCO2)cc1)c1ccnc(Cl)c1.O=C(Nc1ccc(C2CNCCO2)cc1)c1cnc(Cl)c(Cl)c1. The summed E-state index contributed by atoms with van der Waals surface area (Å²) in [5.74, 6) is -0.507. The number of anilines is 2. The standard InChI is InChI=1S/C16H15Cl2N3O2.C16H16ClN3O2/c17-13-7-11(8-20-15(13)18)16(22)21-12-3-1-10(2-4-12)14-9-19-5-6-23-14;17-15-9-12(5-6-19-15)16(21)20-13-3-1-11(2-4-13)14-10-18-7-8-22-14/h1-4,7-8,14,19H,5-6,9H2,(H,21,22);1-6,9,14,18H,7-8,10H2,(H,20,21). The molecule has 4 aromatic rings. The number of nitrogens with zero attached hydrogens (tertiary/aromatic N) is 2. The topological polar surface area (TPSA) is 126 Å². The highest BCUT2D eigenvalue weighted by atomic mass is 35.5. The van der Waals surface area contributed by atoms with Gasteiger partial charge in [0, 0.05) is 55.5 Å². The summed E-state index contributed by atoms with van der Waals surface area (Å²) in [7, 11) is 0. The number of morpholine rings is 2. The number of carbonyl (C=O) groups excluding carboxylic acids is 2. The maximum atomic E-state index is 12.2. The second-order valence-electron chi connectivity index (χ2n) is 10.1. The molecule has 45 heavy (non-hydrogen) atoms. The fourth-order valence-corrected chi connectivity index (χ4v) is 5.06. The fourth-order valence-electron chi connectivity index (χ4n) is 4.62. The first-order chi connectivity index (χ1) is 21.9. The quantitative estimate of drug-likeness (QED) is 0.186. The molecule has 0 saturated carbocycles. The second kappa shape index (κ2) is 16.1. The maximum Gasteiger partial charge on any atom is 0.257 e. The Kier molecular flexibility index (Phi) is 11.7. The van der Waals surface area contributed by atoms with Gasteiger partial charge < -0.3 is 30.7 Å². The summed E-state index contributed by atoms with van der Waals surface area (Å²) in [4.78, 5) is 32.0. The van der Waals surface area contributed by atoms with Crippen molar-refractivity contribution in [2.45, 2.75) is 12.2 Å². The maximum absolute atomic E-state index is 12.2. The van der Waals surface area contributed by atoms with E-state index in [0.717, 1.165) is 43.0 Å². The van der Waals surface area contributed by atoms with Gasteiger partial charge in [0.05, 0.1) is 36.0 Å². The lowest BCUT2D eigenvalue weighted by Crippen LogP contribution is -2.33. The summed E-state index contributed by atoms with van der Waals surface area (Å²) in [6.45, 7) is 4.78. The molecule has 2 fully saturated rings. The molecule has 0 aliphatic carbocycles. The summed E-state index contributed by atoms with van der Waals surface area (Å²) in [5, 5.41) is 12.9. The number of benzene rings is 2. The number of aromatic nitrogens is 2. The second-order valence-corrected chi connectivity index (χ2v) is 11.3. The first-order valence-electron chi connectivity index (χ1n) is 14.3. The van der Waals surface area contributed by atoms with Gasteiger partial charge in [-0.25, -0.2) is 9.97 Å². The van der Waals surface area contributed by atoms with Crippen LogP contribution in [-0.4, -0.2) is 61.2 Å². The molecule has 2 aromatic heterocycles. The molecule has 2 atom stereocenters. The zero-order valence-electron chi connectivity index (χ0n) is 24.1. The van der Waals surface area contributed by atoms with Crippen molar-refractivity contribution >= 4 is 58.0 Å². The van der Waals surface area contributed by atoms with Gasteiger partial charge in [-0.15, -0.1) is 0 Å². The van der Waals surface area contributed by atoms with Crippen LogP contribution in [0.5, 0.6) is 0 Å². The van der Waals surface area contributed by atoms with Gasteiger partial charge in [-0.2, -0.15) is 0 Å². The molecule has 0 radical (unpaired) electrons. The molecule has 2 aliphatic heterocycles. The smallest absolute Gasteiger partial charge is 0.257 e. The lowest BCUT2D eigenvalue weighted by atomic mass is 10.1. The third-order valence-corrected chi connectivity index (χ3v) is 7.88. The summed E-state index contributed by atoms with van der Waals surface area (Å²) < 4.78 is 11.4. The van der Waals surface area contributed by atoms with Gasteiger partial charge in [0.25, 0.3) is 11.8 Å². The Morgan fingerprint density at radius 3 is 1.71 bits per heavy atom. The fraction of sp³-hybridized carbons (Fsp3) is 0.250. The van der Waals surface area contributed by atoms with Crippen LogP contribution in [0.15, 0.2) is 79.1 Å². The molecule has 234 valence electrons. The number of ether oxygens (including phenoxy) is 2. The molecular weight excluding hydrogens is 639 g/mol. The number of rotatable bonds is 6. The number of carbonyl (C=O) groups is 2. The van der Waals surface area contributed by atoms with Crippen molar-refractivity contribution in [2.24, 2.45) is 0 Å². The van der Waals surface area contributed by atoms with Crippen LogP contribution in [0.3, 0.4) is 0 Å². The number of pyridine rings is 2. The van der Waals surface area contributed by atoms with E-state index in [-0.39, 0.29) is 34.2 Å². The average Bonchev–Trinajstić information content (AvgIpc) is 3.08. The van der Waals surface area contributed by atoms with Crippen molar-refractivity contribution in [3.05, 3.63) is 117 Å². The zero-order valence-corrected chi connectivity index (χ0v) is 26.3. The number of hydrogen-bond donors (Lipinski definition) is 4. The minimum atomic E-state index is -0.292. The third-order valence-electron chi connectivity index (χ3n) is 6.98. The highest BCUT2D eigenvalue weighted by Gasteiger charge is 2.17. The Hall–Kier alpha value is -3.61. The largest absolute Gasteiger partial charge is 0.371 e. The number of halogens is 3. The van der Waals surface area contributed by atoms with Crippen LogP contribution >= 0.6 is 34.8 Å². The first-order valence-corrected chi connectivity index (χ1v) is 15.4. The van der Waals surface area contributed by atoms with E-state index in [1.165, 1.54) is 24.5 Å². The van der Waals surface area contributed by atoms with Crippen LogP contribution in [0.25, 0.3) is 0 Å². The molecule has 2 saturated heterocycles. The molecule has 2 unspecified atom stereocenters. The van der Waals surface area contributed by atoms with E-state index >= 15 is 0 Å². The van der Waals surface area contributed by atoms with E-state index < -0.39 is 0 Å². The highest BCUT2D eigenvalue weighted by molar-refractivity contribution is 6.41. The summed E-state index contributed by atoms with van der Waals surface area (Å²) in [6, 6.07) is 19.9. The van der Waals surface area contributed by atoms with Crippen LogP contribution in [0.2, 0.25) is 15.3 Å². The van der Waals surface area contributed by atoms with Crippen molar-refractivity contribution in [3.63, 3.8) is 0 Å². The van der Waals surface area contributed by atoms with Gasteiger partial charge in [-0.3, -0.25) is 9.59 Å². The third kappa shape index (κ3) is 9.44. The van der Waals surface area contributed by atoms with Gasteiger partial charge in [-0.1, -0.05) is 59.1 Å². The average molecular weight is 670 g/mol. The Morgan fingerprint density at radius 1 is 0.711 bits per heavy atom. The van der Waals surface area contributed by atoms with Crippen LogP contribution in [0, 0.1) is 0 Å². The number of hydrogen-bond acceptors (Lipinski definition) is 8. The van der Waals surface area contributed by atoms with Gasteiger partial charge in [0.1, 0.15) is 10.3 Å². The van der Waals surface area contributed by atoms with Crippen molar-refractivity contribution in [3.8, 4) is 0 Å².